The summed E-state index contributed by atoms with van der Waals surface area (Å²) in [6.07, 6.45) is 5.07. The third-order valence-electron chi connectivity index (χ3n) is 3.59. The first-order valence-electron chi connectivity index (χ1n) is 7.19. The summed E-state index contributed by atoms with van der Waals surface area (Å²) in [4.78, 5) is 12.3. The molecule has 1 amide bonds. The van der Waals surface area contributed by atoms with Gasteiger partial charge in [-0.2, -0.15) is 10.2 Å². The highest BCUT2D eigenvalue weighted by molar-refractivity contribution is 5.93. The number of hydrogen-bond donors (Lipinski definition) is 3. The topological polar surface area (TPSA) is 115 Å². The van der Waals surface area contributed by atoms with Crippen LogP contribution in [0.1, 0.15) is 29.2 Å². The van der Waals surface area contributed by atoms with Crippen LogP contribution in [0.15, 0.2) is 41.3 Å². The molecule has 3 heterocycles. The molecule has 0 aromatic carbocycles. The van der Waals surface area contributed by atoms with E-state index in [0.29, 0.717) is 17.1 Å². The average molecular weight is 314 g/mol. The van der Waals surface area contributed by atoms with E-state index in [1.165, 1.54) is 0 Å². The van der Waals surface area contributed by atoms with Gasteiger partial charge in [-0.15, -0.1) is 0 Å². The number of hydrogen-bond acceptors (Lipinski definition) is 5. The molecule has 23 heavy (non-hydrogen) atoms. The summed E-state index contributed by atoms with van der Waals surface area (Å²) in [5.41, 5.74) is 7.92. The minimum Gasteiger partial charge on any atom is -0.468 e. The van der Waals surface area contributed by atoms with E-state index in [4.69, 9.17) is 10.2 Å². The fraction of sp³-hybridized carbons (Fsp3) is 0.267. The van der Waals surface area contributed by atoms with E-state index in [-0.39, 0.29) is 11.9 Å². The third-order valence-corrected chi connectivity index (χ3v) is 3.59. The zero-order valence-electron chi connectivity index (χ0n) is 12.9. The maximum absolute atomic E-state index is 12.3. The number of aromatic nitrogens is 4. The van der Waals surface area contributed by atoms with Gasteiger partial charge in [0.1, 0.15) is 11.5 Å². The Morgan fingerprint density at radius 3 is 3.00 bits per heavy atom. The van der Waals surface area contributed by atoms with E-state index in [1.807, 2.05) is 20.2 Å². The molecule has 0 aliphatic rings. The van der Waals surface area contributed by atoms with Crippen molar-refractivity contribution in [3.05, 3.63) is 48.3 Å². The summed E-state index contributed by atoms with van der Waals surface area (Å²) in [5, 5.41) is 13.8. The Hall–Kier alpha value is -2.87. The fourth-order valence-corrected chi connectivity index (χ4v) is 2.24. The molecule has 0 spiro atoms. The fourth-order valence-electron chi connectivity index (χ4n) is 2.24. The van der Waals surface area contributed by atoms with Gasteiger partial charge in [-0.3, -0.25) is 14.6 Å². The van der Waals surface area contributed by atoms with Crippen molar-refractivity contribution in [3.8, 4) is 11.3 Å². The summed E-state index contributed by atoms with van der Waals surface area (Å²) >= 11 is 0. The lowest BCUT2D eigenvalue weighted by Gasteiger charge is -2.18. The molecule has 4 N–H and O–H groups in total. The van der Waals surface area contributed by atoms with Crippen molar-refractivity contribution < 1.29 is 9.21 Å². The van der Waals surface area contributed by atoms with Crippen LogP contribution in [0, 0.1) is 0 Å². The Labute approximate surface area is 132 Å². The average Bonchev–Trinajstić information content (AvgIpc) is 3.26. The van der Waals surface area contributed by atoms with E-state index in [0.717, 1.165) is 5.56 Å². The van der Waals surface area contributed by atoms with Crippen molar-refractivity contribution in [1.82, 2.24) is 25.3 Å². The number of amides is 1. The quantitative estimate of drug-likeness (QED) is 0.655. The molecule has 0 fully saturated rings. The van der Waals surface area contributed by atoms with Crippen molar-refractivity contribution in [2.75, 3.05) is 0 Å². The number of rotatable bonds is 5. The molecule has 3 aromatic heterocycles. The Balaban J connectivity index is 1.68. The molecule has 120 valence electrons. The number of aryl methyl sites for hydroxylation is 1. The van der Waals surface area contributed by atoms with Crippen LogP contribution < -0.4 is 11.1 Å². The normalized spacial score (nSPS) is 13.7. The molecule has 3 aromatic rings. The van der Waals surface area contributed by atoms with Gasteiger partial charge in [0.05, 0.1) is 24.2 Å². The van der Waals surface area contributed by atoms with Crippen molar-refractivity contribution in [2.24, 2.45) is 12.8 Å². The molecular formula is C15H18N6O2. The molecule has 0 radical (unpaired) electrons. The van der Waals surface area contributed by atoms with Gasteiger partial charge in [0.2, 0.25) is 0 Å². The molecule has 8 heteroatoms. The van der Waals surface area contributed by atoms with Gasteiger partial charge < -0.3 is 15.5 Å². The number of aromatic amines is 1. The van der Waals surface area contributed by atoms with E-state index < -0.39 is 6.04 Å². The summed E-state index contributed by atoms with van der Waals surface area (Å²) in [5.74, 6) is 0.348. The van der Waals surface area contributed by atoms with E-state index in [2.05, 4.69) is 20.6 Å². The standard InChI is InChI=1S/C15H18N6O2/c1-9(14(16)13-4-3-5-23-13)18-15(22)12-6-11(19-20-12)10-7-17-21(2)8-10/h3-9,14H,16H2,1-2H3,(H,18,22)(H,19,20). The Bertz CT molecular complexity index is 789. The van der Waals surface area contributed by atoms with Crippen LogP contribution in [0.4, 0.5) is 0 Å². The van der Waals surface area contributed by atoms with Gasteiger partial charge in [0.25, 0.3) is 5.91 Å². The number of nitrogens with one attached hydrogen (secondary N) is 2. The maximum Gasteiger partial charge on any atom is 0.269 e. The second kappa shape index (κ2) is 6.09. The molecule has 0 aliphatic carbocycles. The van der Waals surface area contributed by atoms with Crippen molar-refractivity contribution in [1.29, 1.82) is 0 Å². The van der Waals surface area contributed by atoms with E-state index in [1.54, 1.807) is 35.3 Å². The van der Waals surface area contributed by atoms with Gasteiger partial charge in [0, 0.05) is 24.8 Å². The molecule has 0 bridgehead atoms. The lowest BCUT2D eigenvalue weighted by molar-refractivity contribution is 0.0928. The summed E-state index contributed by atoms with van der Waals surface area (Å²) in [7, 11) is 1.82. The Kier molecular flexibility index (Phi) is 3.98. The predicted molar refractivity (Wildman–Crippen MR) is 83.4 cm³/mol. The lowest BCUT2D eigenvalue weighted by atomic mass is 10.1. The van der Waals surface area contributed by atoms with Crippen molar-refractivity contribution in [3.63, 3.8) is 0 Å². The minimum atomic E-state index is -0.422. The molecular weight excluding hydrogens is 296 g/mol. The number of carbonyl (C=O) groups excluding carboxylic acids is 1. The summed E-state index contributed by atoms with van der Waals surface area (Å²) in [6, 6.07) is 4.51. The largest absolute Gasteiger partial charge is 0.468 e. The maximum atomic E-state index is 12.3. The van der Waals surface area contributed by atoms with Crippen LogP contribution >= 0.6 is 0 Å². The van der Waals surface area contributed by atoms with E-state index >= 15 is 0 Å². The number of nitrogens with two attached hydrogens (primary N) is 1. The first kappa shape index (κ1) is 15.0. The van der Waals surface area contributed by atoms with Crippen LogP contribution in [0.2, 0.25) is 0 Å². The zero-order chi connectivity index (χ0) is 16.4. The number of H-pyrrole nitrogens is 1. The number of nitrogens with zero attached hydrogens (tertiary/aromatic N) is 3. The third kappa shape index (κ3) is 3.16. The molecule has 0 saturated heterocycles. The molecule has 2 unspecified atom stereocenters. The van der Waals surface area contributed by atoms with Crippen molar-refractivity contribution in [2.45, 2.75) is 19.0 Å². The SMILES string of the molecule is CC(NC(=O)c1cc(-c2cnn(C)c2)n[nH]1)C(N)c1ccco1. The monoisotopic (exact) mass is 314 g/mol. The predicted octanol–water partition coefficient (Wildman–Crippen LogP) is 1.22. The van der Waals surface area contributed by atoms with Crippen LogP contribution in [0.25, 0.3) is 11.3 Å². The van der Waals surface area contributed by atoms with Crippen molar-refractivity contribution >= 4 is 5.91 Å². The van der Waals surface area contributed by atoms with Gasteiger partial charge in [-0.1, -0.05) is 0 Å². The van der Waals surface area contributed by atoms with Crippen LogP contribution in [0.5, 0.6) is 0 Å². The first-order valence-corrected chi connectivity index (χ1v) is 7.19. The Morgan fingerprint density at radius 1 is 1.52 bits per heavy atom. The zero-order valence-corrected chi connectivity index (χ0v) is 12.9. The second-order valence-electron chi connectivity index (χ2n) is 5.37. The molecule has 8 nitrogen and oxygen atoms in total. The first-order chi connectivity index (χ1) is 11.0. The second-order valence-corrected chi connectivity index (χ2v) is 5.37. The summed E-state index contributed by atoms with van der Waals surface area (Å²) in [6.45, 7) is 1.82. The van der Waals surface area contributed by atoms with Crippen LogP contribution in [0.3, 0.4) is 0 Å². The number of carbonyl (C=O) groups is 1. The smallest absolute Gasteiger partial charge is 0.269 e. The summed E-state index contributed by atoms with van der Waals surface area (Å²) < 4.78 is 6.94. The van der Waals surface area contributed by atoms with Crippen LogP contribution in [-0.2, 0) is 7.05 Å². The van der Waals surface area contributed by atoms with Gasteiger partial charge in [-0.05, 0) is 25.1 Å². The molecule has 0 aliphatic heterocycles. The van der Waals surface area contributed by atoms with Crippen LogP contribution in [-0.4, -0.2) is 31.9 Å². The van der Waals surface area contributed by atoms with Gasteiger partial charge in [-0.25, -0.2) is 0 Å². The minimum absolute atomic E-state index is 0.276. The lowest BCUT2D eigenvalue weighted by Crippen LogP contribution is -2.40. The molecule has 0 saturated carbocycles. The highest BCUT2D eigenvalue weighted by Crippen LogP contribution is 2.17. The number of furan rings is 1. The highest BCUT2D eigenvalue weighted by atomic mass is 16.3. The van der Waals surface area contributed by atoms with Gasteiger partial charge in [0.15, 0.2) is 0 Å². The molecule has 2 atom stereocenters. The molecule has 3 rings (SSSR count). The Morgan fingerprint density at radius 2 is 2.35 bits per heavy atom. The highest BCUT2D eigenvalue weighted by Gasteiger charge is 2.21. The van der Waals surface area contributed by atoms with E-state index in [9.17, 15) is 4.79 Å². The van der Waals surface area contributed by atoms with Gasteiger partial charge >= 0.3 is 0 Å².